The Kier molecular flexibility index (Phi) is 4.39. The molecule has 1 heterocycles. The molecule has 0 fully saturated rings. The van der Waals surface area contributed by atoms with Crippen molar-refractivity contribution in [1.82, 2.24) is 4.98 Å². The largest absolute Gasteiger partial charge is 0.262 e. The molecule has 1 aromatic rings. The summed E-state index contributed by atoms with van der Waals surface area (Å²) in [6, 6.07) is 6.71. The van der Waals surface area contributed by atoms with Gasteiger partial charge in [0.15, 0.2) is 0 Å². The third-order valence-corrected chi connectivity index (χ3v) is 2.01. The molecule has 0 radical (unpaired) electrons. The molecule has 3 heteroatoms. The van der Waals surface area contributed by atoms with Gasteiger partial charge in [-0.1, -0.05) is 20.8 Å². The first-order chi connectivity index (χ1) is 7.47. The van der Waals surface area contributed by atoms with Crippen LogP contribution in [-0.2, 0) is 0 Å². The molecule has 0 aromatic carbocycles. The van der Waals surface area contributed by atoms with Crippen molar-refractivity contribution in [1.29, 1.82) is 0 Å². The first-order valence-corrected chi connectivity index (χ1v) is 5.53. The maximum absolute atomic E-state index is 4.26. The zero-order chi connectivity index (χ0) is 12.0. The quantitative estimate of drug-likeness (QED) is 0.711. The summed E-state index contributed by atoms with van der Waals surface area (Å²) in [5, 5.41) is 0. The molecule has 0 saturated heterocycles. The fourth-order valence-corrected chi connectivity index (χ4v) is 1.54. The third-order valence-electron chi connectivity index (χ3n) is 2.01. The van der Waals surface area contributed by atoms with Gasteiger partial charge in [0, 0.05) is 6.20 Å². The minimum absolute atomic E-state index is 0.250. The van der Waals surface area contributed by atoms with E-state index in [9.17, 15) is 0 Å². The van der Waals surface area contributed by atoms with Gasteiger partial charge in [-0.25, -0.2) is 4.99 Å². The monoisotopic (exact) mass is 217 g/mol. The van der Waals surface area contributed by atoms with Crippen LogP contribution in [0, 0.1) is 5.41 Å². The SMILES string of the molecule is CC(CC(C)(C)C)N=C=Nc1cccnc1. The molecule has 3 nitrogen and oxygen atoms in total. The summed E-state index contributed by atoms with van der Waals surface area (Å²) in [7, 11) is 0. The van der Waals surface area contributed by atoms with Crippen molar-refractivity contribution in [2.24, 2.45) is 15.4 Å². The predicted octanol–water partition coefficient (Wildman–Crippen LogP) is 3.71. The number of aromatic nitrogens is 1. The van der Waals surface area contributed by atoms with E-state index in [-0.39, 0.29) is 6.04 Å². The first-order valence-electron chi connectivity index (χ1n) is 5.53. The fraction of sp³-hybridized carbons (Fsp3) is 0.538. The highest BCUT2D eigenvalue weighted by atomic mass is 14.8. The summed E-state index contributed by atoms with van der Waals surface area (Å²) in [4.78, 5) is 12.3. The lowest BCUT2D eigenvalue weighted by molar-refractivity contribution is 0.350. The van der Waals surface area contributed by atoms with Crippen LogP contribution < -0.4 is 0 Å². The van der Waals surface area contributed by atoms with E-state index < -0.39 is 0 Å². The maximum atomic E-state index is 4.26. The Morgan fingerprint density at radius 1 is 1.44 bits per heavy atom. The van der Waals surface area contributed by atoms with Gasteiger partial charge < -0.3 is 0 Å². The summed E-state index contributed by atoms with van der Waals surface area (Å²) in [6.45, 7) is 8.70. The number of hydrogen-bond donors (Lipinski definition) is 0. The Balaban J connectivity index is 2.57. The molecule has 1 aromatic heterocycles. The van der Waals surface area contributed by atoms with E-state index in [4.69, 9.17) is 0 Å². The average molecular weight is 217 g/mol. The zero-order valence-corrected chi connectivity index (χ0v) is 10.4. The van der Waals surface area contributed by atoms with Crippen LogP contribution in [-0.4, -0.2) is 17.0 Å². The number of pyridine rings is 1. The molecule has 0 aliphatic heterocycles. The number of hydrogen-bond acceptors (Lipinski definition) is 3. The highest BCUT2D eigenvalue weighted by Gasteiger charge is 2.13. The van der Waals surface area contributed by atoms with Crippen molar-refractivity contribution in [2.75, 3.05) is 0 Å². The molecule has 0 aliphatic rings. The zero-order valence-electron chi connectivity index (χ0n) is 10.4. The molecule has 0 amide bonds. The van der Waals surface area contributed by atoms with Crippen molar-refractivity contribution in [3.05, 3.63) is 24.5 Å². The Bertz CT molecular complexity index is 370. The lowest BCUT2D eigenvalue weighted by atomic mass is 9.89. The van der Waals surface area contributed by atoms with E-state index in [1.165, 1.54) is 0 Å². The lowest BCUT2D eigenvalue weighted by Crippen LogP contribution is -2.12. The van der Waals surface area contributed by atoms with Crippen molar-refractivity contribution in [3.8, 4) is 0 Å². The van der Waals surface area contributed by atoms with Crippen LogP contribution >= 0.6 is 0 Å². The van der Waals surface area contributed by atoms with Crippen LogP contribution in [0.1, 0.15) is 34.1 Å². The van der Waals surface area contributed by atoms with Crippen LogP contribution in [0.25, 0.3) is 0 Å². The van der Waals surface area contributed by atoms with Gasteiger partial charge >= 0.3 is 0 Å². The van der Waals surface area contributed by atoms with E-state index in [2.05, 4.69) is 48.7 Å². The molecular weight excluding hydrogens is 198 g/mol. The van der Waals surface area contributed by atoms with Gasteiger partial charge in [-0.2, -0.15) is 4.99 Å². The highest BCUT2D eigenvalue weighted by Crippen LogP contribution is 2.21. The molecule has 1 atom stereocenters. The van der Waals surface area contributed by atoms with E-state index in [0.29, 0.717) is 5.41 Å². The smallest absolute Gasteiger partial charge is 0.0952 e. The maximum Gasteiger partial charge on any atom is 0.0952 e. The molecule has 1 rings (SSSR count). The molecule has 1 unspecified atom stereocenters. The molecule has 0 saturated carbocycles. The van der Waals surface area contributed by atoms with Crippen LogP contribution in [0.2, 0.25) is 0 Å². The lowest BCUT2D eigenvalue weighted by Gasteiger charge is -2.19. The van der Waals surface area contributed by atoms with Gasteiger partial charge in [0.25, 0.3) is 0 Å². The Labute approximate surface area is 97.4 Å². The van der Waals surface area contributed by atoms with E-state index in [0.717, 1.165) is 12.1 Å². The van der Waals surface area contributed by atoms with Crippen molar-refractivity contribution < 1.29 is 0 Å². The van der Waals surface area contributed by atoms with E-state index in [1.54, 1.807) is 12.4 Å². The number of rotatable bonds is 3. The second-order valence-corrected chi connectivity index (χ2v) is 5.17. The Hall–Kier alpha value is -1.47. The molecule has 16 heavy (non-hydrogen) atoms. The van der Waals surface area contributed by atoms with Crippen LogP contribution in [0.4, 0.5) is 5.69 Å². The van der Waals surface area contributed by atoms with Crippen LogP contribution in [0.5, 0.6) is 0 Å². The van der Waals surface area contributed by atoms with E-state index in [1.807, 2.05) is 12.1 Å². The molecule has 0 N–H and O–H groups in total. The van der Waals surface area contributed by atoms with Crippen LogP contribution in [0.15, 0.2) is 34.5 Å². The Morgan fingerprint density at radius 3 is 2.75 bits per heavy atom. The average Bonchev–Trinajstić information content (AvgIpc) is 2.16. The van der Waals surface area contributed by atoms with Gasteiger partial charge in [0.1, 0.15) is 0 Å². The molecule has 0 aliphatic carbocycles. The summed E-state index contributed by atoms with van der Waals surface area (Å²) in [5.41, 5.74) is 1.08. The number of aliphatic imine (C=N–C) groups is 2. The first kappa shape index (κ1) is 12.6. The molecule has 0 bridgehead atoms. The van der Waals surface area contributed by atoms with Gasteiger partial charge in [-0.3, -0.25) is 4.98 Å². The fourth-order valence-electron chi connectivity index (χ4n) is 1.54. The minimum Gasteiger partial charge on any atom is -0.262 e. The predicted molar refractivity (Wildman–Crippen MR) is 67.3 cm³/mol. The third kappa shape index (κ3) is 5.42. The summed E-state index contributed by atoms with van der Waals surface area (Å²) in [5.74, 6) is 0. The van der Waals surface area contributed by atoms with Crippen molar-refractivity contribution in [2.45, 2.75) is 40.2 Å². The second-order valence-electron chi connectivity index (χ2n) is 5.17. The topological polar surface area (TPSA) is 37.6 Å². The second kappa shape index (κ2) is 5.57. The van der Waals surface area contributed by atoms with Gasteiger partial charge in [0.05, 0.1) is 23.9 Å². The van der Waals surface area contributed by atoms with Gasteiger partial charge in [-0.15, -0.1) is 0 Å². The number of nitrogens with zero attached hydrogens (tertiary/aromatic N) is 3. The summed E-state index contributed by atoms with van der Waals surface area (Å²) < 4.78 is 0. The molecule has 86 valence electrons. The van der Waals surface area contributed by atoms with Gasteiger partial charge in [-0.05, 0) is 30.9 Å². The summed E-state index contributed by atoms with van der Waals surface area (Å²) in [6.07, 6.45) is 4.44. The minimum atomic E-state index is 0.250. The Morgan fingerprint density at radius 2 is 2.19 bits per heavy atom. The van der Waals surface area contributed by atoms with Crippen LogP contribution in [0.3, 0.4) is 0 Å². The van der Waals surface area contributed by atoms with E-state index >= 15 is 0 Å². The van der Waals surface area contributed by atoms with Crippen molar-refractivity contribution in [3.63, 3.8) is 0 Å². The standard InChI is InChI=1S/C13H19N3/c1-11(8-13(2,3)4)15-10-16-12-6-5-7-14-9-12/h5-7,9,11H,8H2,1-4H3. The molecule has 0 spiro atoms. The normalized spacial score (nSPS) is 12.8. The van der Waals surface area contributed by atoms with Gasteiger partial charge in [0.2, 0.25) is 0 Å². The highest BCUT2D eigenvalue weighted by molar-refractivity contribution is 5.51. The summed E-state index contributed by atoms with van der Waals surface area (Å²) >= 11 is 0. The van der Waals surface area contributed by atoms with Crippen molar-refractivity contribution >= 4 is 11.7 Å². The molecular formula is C13H19N3.